The van der Waals surface area contributed by atoms with E-state index >= 15 is 0 Å². The van der Waals surface area contributed by atoms with Gasteiger partial charge in [-0.3, -0.25) is 5.41 Å². The Morgan fingerprint density at radius 1 is 1.33 bits per heavy atom. The van der Waals surface area contributed by atoms with Crippen LogP contribution in [0.4, 0.5) is 0 Å². The third-order valence-corrected chi connectivity index (χ3v) is 2.97. The molecule has 0 fully saturated rings. The summed E-state index contributed by atoms with van der Waals surface area (Å²) in [5, 5.41) is 7.78. The van der Waals surface area contributed by atoms with E-state index in [4.69, 9.17) is 10.1 Å². The highest BCUT2D eigenvalue weighted by atomic mass is 79.9. The van der Waals surface area contributed by atoms with Gasteiger partial charge in [-0.05, 0) is 56.1 Å². The molecule has 1 aliphatic heterocycles. The van der Waals surface area contributed by atoms with Crippen molar-refractivity contribution in [1.29, 1.82) is 5.41 Å². The van der Waals surface area contributed by atoms with Crippen LogP contribution in [0.25, 0.3) is 0 Å². The Balaban J connectivity index is 3.04. The highest BCUT2D eigenvalue weighted by molar-refractivity contribution is 9.12. The lowest BCUT2D eigenvalue weighted by Crippen LogP contribution is -2.35. The molecule has 0 aromatic carbocycles. The van der Waals surface area contributed by atoms with Crippen LogP contribution in [0.1, 0.15) is 34.1 Å². The van der Waals surface area contributed by atoms with Gasteiger partial charge in [-0.2, -0.15) is 0 Å². The highest BCUT2D eigenvalue weighted by Crippen LogP contribution is 2.27. The van der Waals surface area contributed by atoms with Crippen molar-refractivity contribution in [2.75, 3.05) is 0 Å². The molecule has 0 aliphatic carbocycles. The van der Waals surface area contributed by atoms with Gasteiger partial charge in [-0.15, -0.1) is 0 Å². The van der Waals surface area contributed by atoms with Gasteiger partial charge in [0.15, 0.2) is 0 Å². The Morgan fingerprint density at radius 3 is 2.53 bits per heavy atom. The molecule has 0 saturated heterocycles. The first-order valence-corrected chi connectivity index (χ1v) is 5.85. The van der Waals surface area contributed by atoms with Crippen LogP contribution in [-0.4, -0.2) is 16.9 Å². The SMILES string of the molecule is CC1(C)/C=C/C(=N)/C(Br)=C\CC(C)(C)O1. The average molecular weight is 272 g/mol. The maximum Gasteiger partial charge on any atom is 0.0817 e. The van der Waals surface area contributed by atoms with Crippen LogP contribution in [0, 0.1) is 5.41 Å². The zero-order chi connectivity index (χ0) is 11.7. The number of halogens is 1. The monoisotopic (exact) mass is 271 g/mol. The van der Waals surface area contributed by atoms with Gasteiger partial charge in [0.25, 0.3) is 0 Å². The summed E-state index contributed by atoms with van der Waals surface area (Å²) in [6, 6.07) is 0. The zero-order valence-corrected chi connectivity index (χ0v) is 11.3. The van der Waals surface area contributed by atoms with Crippen LogP contribution in [0.3, 0.4) is 0 Å². The van der Waals surface area contributed by atoms with Crippen LogP contribution in [-0.2, 0) is 4.74 Å². The van der Waals surface area contributed by atoms with E-state index < -0.39 is 0 Å². The number of allylic oxidation sites excluding steroid dienone is 2. The molecular weight excluding hydrogens is 254 g/mol. The second-order valence-corrected chi connectivity index (χ2v) is 5.82. The predicted octanol–water partition coefficient (Wildman–Crippen LogP) is 3.82. The van der Waals surface area contributed by atoms with Crippen molar-refractivity contribution in [2.45, 2.75) is 45.3 Å². The van der Waals surface area contributed by atoms with Crippen LogP contribution in [0.2, 0.25) is 0 Å². The number of hydrogen-bond donors (Lipinski definition) is 1. The average Bonchev–Trinajstić information content (AvgIpc) is 2.10. The summed E-state index contributed by atoms with van der Waals surface area (Å²) < 4.78 is 6.82. The largest absolute Gasteiger partial charge is 0.365 e. The van der Waals surface area contributed by atoms with E-state index in [9.17, 15) is 0 Å². The maximum absolute atomic E-state index is 7.78. The van der Waals surface area contributed by atoms with Crippen molar-refractivity contribution in [3.8, 4) is 0 Å². The molecule has 0 bridgehead atoms. The summed E-state index contributed by atoms with van der Waals surface area (Å²) in [6.07, 6.45) is 6.49. The van der Waals surface area contributed by atoms with Gasteiger partial charge < -0.3 is 4.74 Å². The van der Waals surface area contributed by atoms with E-state index in [1.165, 1.54) is 0 Å². The van der Waals surface area contributed by atoms with Crippen LogP contribution < -0.4 is 0 Å². The first kappa shape index (κ1) is 12.7. The third-order valence-electron chi connectivity index (χ3n) is 2.22. The molecule has 15 heavy (non-hydrogen) atoms. The quantitative estimate of drug-likeness (QED) is 0.714. The summed E-state index contributed by atoms with van der Waals surface area (Å²) >= 11 is 3.39. The van der Waals surface area contributed by atoms with E-state index in [1.54, 1.807) is 6.08 Å². The standard InChI is InChI=1S/C12H18BrNO/c1-11(2)7-5-9(13)10(14)6-8-12(3,4)15-11/h5-6,8,14H,7H2,1-4H3/b8-6+,9-5+,14-10?. The number of rotatable bonds is 0. The summed E-state index contributed by atoms with van der Waals surface area (Å²) in [6.45, 7) is 8.15. The summed E-state index contributed by atoms with van der Waals surface area (Å²) in [5.41, 5.74) is -0.0528. The molecule has 0 saturated carbocycles. The Morgan fingerprint density at radius 2 is 1.93 bits per heavy atom. The molecule has 3 heteroatoms. The molecule has 1 rings (SSSR count). The fourth-order valence-corrected chi connectivity index (χ4v) is 1.89. The minimum atomic E-state index is -0.332. The molecule has 0 radical (unpaired) electrons. The van der Waals surface area contributed by atoms with E-state index in [0.717, 1.165) is 10.9 Å². The second kappa shape index (κ2) is 4.22. The van der Waals surface area contributed by atoms with E-state index in [1.807, 2.05) is 26.0 Å². The van der Waals surface area contributed by atoms with Crippen LogP contribution in [0.5, 0.6) is 0 Å². The molecule has 0 spiro atoms. The molecule has 0 unspecified atom stereocenters. The summed E-state index contributed by atoms with van der Waals surface area (Å²) in [4.78, 5) is 0. The Bertz CT molecular complexity index is 327. The van der Waals surface area contributed by atoms with Crippen molar-refractivity contribution >= 4 is 21.6 Å². The first-order chi connectivity index (χ1) is 6.72. The first-order valence-electron chi connectivity index (χ1n) is 5.06. The fraction of sp³-hybridized carbons (Fsp3) is 0.583. The molecule has 0 amide bonds. The predicted molar refractivity (Wildman–Crippen MR) is 67.7 cm³/mol. The molecule has 1 aliphatic rings. The number of hydrogen-bond acceptors (Lipinski definition) is 2. The van der Waals surface area contributed by atoms with Gasteiger partial charge in [0.1, 0.15) is 0 Å². The van der Waals surface area contributed by atoms with Crippen molar-refractivity contribution in [2.24, 2.45) is 0 Å². The topological polar surface area (TPSA) is 33.1 Å². The molecule has 2 nitrogen and oxygen atoms in total. The minimum absolute atomic E-state index is 0.211. The Hall–Kier alpha value is -0.410. The van der Waals surface area contributed by atoms with E-state index in [0.29, 0.717) is 5.71 Å². The number of ether oxygens (including phenoxy) is 1. The summed E-state index contributed by atoms with van der Waals surface area (Å²) in [7, 11) is 0. The lowest BCUT2D eigenvalue weighted by molar-refractivity contribution is -0.0943. The normalized spacial score (nSPS) is 30.7. The van der Waals surface area contributed by atoms with Gasteiger partial charge in [-0.1, -0.05) is 12.2 Å². The van der Waals surface area contributed by atoms with Gasteiger partial charge in [-0.25, -0.2) is 0 Å². The Kier molecular flexibility index (Phi) is 3.56. The minimum Gasteiger partial charge on any atom is -0.365 e. The number of nitrogens with one attached hydrogen (secondary N) is 1. The van der Waals surface area contributed by atoms with Gasteiger partial charge in [0, 0.05) is 4.48 Å². The molecule has 1 heterocycles. The fourth-order valence-electron chi connectivity index (χ4n) is 1.60. The molecule has 84 valence electrons. The van der Waals surface area contributed by atoms with Crippen LogP contribution >= 0.6 is 15.9 Å². The molecule has 0 aromatic rings. The highest BCUT2D eigenvalue weighted by Gasteiger charge is 2.27. The molecule has 1 N–H and O–H groups in total. The van der Waals surface area contributed by atoms with E-state index in [2.05, 4.69) is 29.8 Å². The lowest BCUT2D eigenvalue weighted by atomic mass is 10.0. The molecular formula is C12H18BrNO. The van der Waals surface area contributed by atoms with E-state index in [-0.39, 0.29) is 11.2 Å². The van der Waals surface area contributed by atoms with Crippen molar-refractivity contribution in [3.05, 3.63) is 22.7 Å². The van der Waals surface area contributed by atoms with Gasteiger partial charge in [0.05, 0.1) is 16.9 Å². The second-order valence-electron chi connectivity index (χ2n) is 4.97. The Labute approximate surface area is 100 Å². The smallest absolute Gasteiger partial charge is 0.0817 e. The van der Waals surface area contributed by atoms with Crippen molar-refractivity contribution < 1.29 is 4.74 Å². The molecule has 0 atom stereocenters. The van der Waals surface area contributed by atoms with Crippen molar-refractivity contribution in [1.82, 2.24) is 0 Å². The van der Waals surface area contributed by atoms with Gasteiger partial charge >= 0.3 is 0 Å². The maximum atomic E-state index is 7.78. The third kappa shape index (κ3) is 3.92. The lowest BCUT2D eigenvalue weighted by Gasteiger charge is -2.33. The van der Waals surface area contributed by atoms with Gasteiger partial charge in [0.2, 0.25) is 0 Å². The zero-order valence-electron chi connectivity index (χ0n) is 9.73. The van der Waals surface area contributed by atoms with Crippen molar-refractivity contribution in [3.63, 3.8) is 0 Å². The molecule has 0 aromatic heterocycles. The van der Waals surface area contributed by atoms with Crippen LogP contribution in [0.15, 0.2) is 22.7 Å². The summed E-state index contributed by atoms with van der Waals surface area (Å²) in [5.74, 6) is 0.